The molecule has 2 bridgehead atoms. The number of hydrogen-bond donors (Lipinski definition) is 0. The lowest BCUT2D eigenvalue weighted by Gasteiger charge is -2.40. The van der Waals surface area contributed by atoms with Gasteiger partial charge in [-0.1, -0.05) is 0 Å². The van der Waals surface area contributed by atoms with E-state index in [1.54, 1.807) is 6.07 Å². The van der Waals surface area contributed by atoms with Gasteiger partial charge in [-0.3, -0.25) is 9.69 Å². The van der Waals surface area contributed by atoms with Crippen LogP contribution in [-0.2, 0) is 14.3 Å². The predicted molar refractivity (Wildman–Crippen MR) is 72.6 cm³/mol. The standard InChI is InChI=1S/C15H19NO5/c1-16-10-3-4-11(16)13(15(18)19-2)12(7-10)21-14(17)9-5-6-20-8-9/h5-6,8,10-13H,3-4,7H2,1-2H3/t10?,11?,12-,13?/m0/s1. The van der Waals surface area contributed by atoms with Crippen LogP contribution in [0.25, 0.3) is 0 Å². The molecule has 3 rings (SSSR count). The summed E-state index contributed by atoms with van der Waals surface area (Å²) < 4.78 is 15.4. The summed E-state index contributed by atoms with van der Waals surface area (Å²) in [6.07, 6.45) is 4.95. The van der Waals surface area contributed by atoms with Gasteiger partial charge in [0.2, 0.25) is 0 Å². The summed E-state index contributed by atoms with van der Waals surface area (Å²) in [5.74, 6) is -1.18. The van der Waals surface area contributed by atoms with Gasteiger partial charge in [-0.25, -0.2) is 4.79 Å². The number of furan rings is 1. The first kappa shape index (κ1) is 14.1. The molecule has 2 saturated heterocycles. The fourth-order valence-corrected chi connectivity index (χ4v) is 3.57. The van der Waals surface area contributed by atoms with E-state index < -0.39 is 18.0 Å². The molecule has 3 unspecified atom stereocenters. The number of fused-ring (bicyclic) bond motifs is 2. The van der Waals surface area contributed by atoms with Crippen molar-refractivity contribution in [2.45, 2.75) is 37.5 Å². The Bertz CT molecular complexity index is 526. The zero-order valence-electron chi connectivity index (χ0n) is 12.2. The monoisotopic (exact) mass is 293 g/mol. The second kappa shape index (κ2) is 5.52. The summed E-state index contributed by atoms with van der Waals surface area (Å²) in [7, 11) is 3.39. The third kappa shape index (κ3) is 2.44. The summed E-state index contributed by atoms with van der Waals surface area (Å²) in [5.41, 5.74) is 0.366. The number of nitrogens with zero attached hydrogens (tertiary/aromatic N) is 1. The van der Waals surface area contributed by atoms with E-state index in [1.165, 1.54) is 19.6 Å². The van der Waals surface area contributed by atoms with Crippen molar-refractivity contribution in [3.63, 3.8) is 0 Å². The first-order valence-electron chi connectivity index (χ1n) is 7.14. The third-order valence-corrected chi connectivity index (χ3v) is 4.70. The number of ether oxygens (including phenoxy) is 2. The van der Waals surface area contributed by atoms with Gasteiger partial charge < -0.3 is 13.9 Å². The second-order valence-corrected chi connectivity index (χ2v) is 5.70. The molecule has 6 nitrogen and oxygen atoms in total. The van der Waals surface area contributed by atoms with E-state index in [4.69, 9.17) is 13.9 Å². The molecule has 2 aliphatic rings. The molecule has 0 N–H and O–H groups in total. The maximum Gasteiger partial charge on any atom is 0.341 e. The van der Waals surface area contributed by atoms with Crippen LogP contribution in [-0.4, -0.2) is 49.2 Å². The molecule has 21 heavy (non-hydrogen) atoms. The van der Waals surface area contributed by atoms with Gasteiger partial charge in [0, 0.05) is 18.5 Å². The van der Waals surface area contributed by atoms with Crippen molar-refractivity contribution in [3.05, 3.63) is 24.2 Å². The summed E-state index contributed by atoms with van der Waals surface area (Å²) >= 11 is 0. The molecule has 1 aromatic heterocycles. The summed E-state index contributed by atoms with van der Waals surface area (Å²) in [4.78, 5) is 26.4. The van der Waals surface area contributed by atoms with E-state index in [1.807, 2.05) is 7.05 Å². The van der Waals surface area contributed by atoms with Crippen molar-refractivity contribution in [2.75, 3.05) is 14.2 Å². The van der Waals surface area contributed by atoms with Crippen LogP contribution in [0.3, 0.4) is 0 Å². The normalized spacial score (nSPS) is 31.9. The van der Waals surface area contributed by atoms with Crippen LogP contribution < -0.4 is 0 Å². The molecule has 2 fully saturated rings. The van der Waals surface area contributed by atoms with Crippen LogP contribution in [0.4, 0.5) is 0 Å². The Morgan fingerprint density at radius 1 is 1.38 bits per heavy atom. The smallest absolute Gasteiger partial charge is 0.341 e. The van der Waals surface area contributed by atoms with E-state index in [-0.39, 0.29) is 12.0 Å². The molecule has 0 aromatic carbocycles. The maximum absolute atomic E-state index is 12.1. The number of esters is 2. The highest BCUT2D eigenvalue weighted by molar-refractivity contribution is 5.89. The van der Waals surface area contributed by atoms with E-state index in [0.717, 1.165) is 12.8 Å². The number of piperidine rings is 1. The molecule has 2 aliphatic heterocycles. The van der Waals surface area contributed by atoms with Crippen molar-refractivity contribution in [2.24, 2.45) is 5.92 Å². The Kier molecular flexibility index (Phi) is 3.71. The zero-order valence-corrected chi connectivity index (χ0v) is 12.2. The molecule has 0 amide bonds. The fraction of sp³-hybridized carbons (Fsp3) is 0.600. The Balaban J connectivity index is 1.79. The Labute approximate surface area is 123 Å². The summed E-state index contributed by atoms with van der Waals surface area (Å²) in [5, 5.41) is 0. The van der Waals surface area contributed by atoms with Crippen molar-refractivity contribution in [1.29, 1.82) is 0 Å². The Morgan fingerprint density at radius 2 is 2.19 bits per heavy atom. The molecule has 114 valence electrons. The Morgan fingerprint density at radius 3 is 2.86 bits per heavy atom. The number of rotatable bonds is 3. The van der Waals surface area contributed by atoms with Crippen LogP contribution >= 0.6 is 0 Å². The zero-order chi connectivity index (χ0) is 15.0. The quantitative estimate of drug-likeness (QED) is 0.786. The summed E-state index contributed by atoms with van der Waals surface area (Å²) in [6.45, 7) is 0. The number of hydrogen-bond acceptors (Lipinski definition) is 6. The second-order valence-electron chi connectivity index (χ2n) is 5.70. The molecule has 0 aliphatic carbocycles. The third-order valence-electron chi connectivity index (χ3n) is 4.70. The molecule has 3 heterocycles. The number of carbonyl (C=O) groups excluding carboxylic acids is 2. The average molecular weight is 293 g/mol. The van der Waals surface area contributed by atoms with Crippen LogP contribution in [0.2, 0.25) is 0 Å². The van der Waals surface area contributed by atoms with Gasteiger partial charge in [0.1, 0.15) is 18.3 Å². The van der Waals surface area contributed by atoms with Gasteiger partial charge in [-0.15, -0.1) is 0 Å². The van der Waals surface area contributed by atoms with E-state index >= 15 is 0 Å². The van der Waals surface area contributed by atoms with E-state index in [2.05, 4.69) is 4.90 Å². The van der Waals surface area contributed by atoms with Crippen LogP contribution in [0.15, 0.2) is 23.0 Å². The van der Waals surface area contributed by atoms with Crippen molar-refractivity contribution >= 4 is 11.9 Å². The van der Waals surface area contributed by atoms with Gasteiger partial charge in [0.25, 0.3) is 0 Å². The molecular weight excluding hydrogens is 274 g/mol. The topological polar surface area (TPSA) is 69.0 Å². The van der Waals surface area contributed by atoms with Crippen molar-refractivity contribution in [3.8, 4) is 0 Å². The highest BCUT2D eigenvalue weighted by Gasteiger charge is 2.51. The molecule has 0 radical (unpaired) electrons. The lowest BCUT2D eigenvalue weighted by Crippen LogP contribution is -2.53. The van der Waals surface area contributed by atoms with E-state index in [0.29, 0.717) is 18.0 Å². The minimum absolute atomic E-state index is 0.0818. The molecule has 6 heteroatoms. The number of methoxy groups -OCH3 is 1. The minimum atomic E-state index is -0.452. The van der Waals surface area contributed by atoms with Crippen molar-refractivity contribution < 1.29 is 23.5 Å². The van der Waals surface area contributed by atoms with Gasteiger partial charge in [0.15, 0.2) is 0 Å². The van der Waals surface area contributed by atoms with Gasteiger partial charge in [0.05, 0.1) is 18.9 Å². The van der Waals surface area contributed by atoms with Crippen LogP contribution in [0.5, 0.6) is 0 Å². The highest BCUT2D eigenvalue weighted by atomic mass is 16.6. The maximum atomic E-state index is 12.1. The molecule has 4 atom stereocenters. The van der Waals surface area contributed by atoms with Gasteiger partial charge in [-0.2, -0.15) is 0 Å². The first-order chi connectivity index (χ1) is 10.1. The molecule has 0 spiro atoms. The first-order valence-corrected chi connectivity index (χ1v) is 7.14. The van der Waals surface area contributed by atoms with Gasteiger partial charge >= 0.3 is 11.9 Å². The van der Waals surface area contributed by atoms with E-state index in [9.17, 15) is 9.59 Å². The number of carbonyl (C=O) groups is 2. The fourth-order valence-electron chi connectivity index (χ4n) is 3.57. The van der Waals surface area contributed by atoms with Crippen molar-refractivity contribution in [1.82, 2.24) is 4.90 Å². The molecule has 1 aromatic rings. The average Bonchev–Trinajstić information content (AvgIpc) is 3.07. The lowest BCUT2D eigenvalue weighted by atomic mass is 9.87. The Hall–Kier alpha value is -1.82. The van der Waals surface area contributed by atoms with Gasteiger partial charge in [-0.05, 0) is 26.0 Å². The molecular formula is C15H19NO5. The highest BCUT2D eigenvalue weighted by Crippen LogP contribution is 2.40. The minimum Gasteiger partial charge on any atom is -0.472 e. The lowest BCUT2D eigenvalue weighted by molar-refractivity contribution is -0.156. The SMILES string of the molecule is COC(=O)C1C2CCC(C[C@@H]1OC(=O)c1ccoc1)N2C. The molecule has 0 saturated carbocycles. The van der Waals surface area contributed by atoms with Crippen LogP contribution in [0.1, 0.15) is 29.6 Å². The summed E-state index contributed by atoms with van der Waals surface area (Å²) in [6, 6.07) is 2.00. The largest absolute Gasteiger partial charge is 0.472 e. The van der Waals surface area contributed by atoms with Crippen LogP contribution in [0, 0.1) is 5.92 Å². The predicted octanol–water partition coefficient (Wildman–Crippen LogP) is 1.46.